The molecule has 4 rings (SSSR count). The lowest BCUT2D eigenvalue weighted by Crippen LogP contribution is -2.51. The van der Waals surface area contributed by atoms with Gasteiger partial charge in [-0.25, -0.2) is 0 Å². The van der Waals surface area contributed by atoms with Crippen LogP contribution >= 0.6 is 0 Å². The van der Waals surface area contributed by atoms with Crippen LogP contribution in [0.2, 0.25) is 0 Å². The summed E-state index contributed by atoms with van der Waals surface area (Å²) in [6, 6.07) is 20.7. The average Bonchev–Trinajstić information content (AvgIpc) is 3.18. The first-order chi connectivity index (χ1) is 16.9. The monoisotopic (exact) mass is 480 g/mol. The second kappa shape index (κ2) is 11.8. The van der Waals surface area contributed by atoms with E-state index in [0.29, 0.717) is 26.2 Å². The normalized spacial score (nSPS) is 24.7. The molecule has 2 atom stereocenters. The van der Waals surface area contributed by atoms with Gasteiger partial charge < -0.3 is 20.1 Å². The third-order valence-electron chi connectivity index (χ3n) is 6.30. The summed E-state index contributed by atoms with van der Waals surface area (Å²) in [5.74, 6) is -1.65. The molecule has 0 radical (unpaired) electrons. The van der Waals surface area contributed by atoms with Gasteiger partial charge in [0.1, 0.15) is 0 Å². The molecule has 0 aliphatic carbocycles. The summed E-state index contributed by atoms with van der Waals surface area (Å²) in [5.41, 5.74) is 2.47. The number of hydrogen-bond donors (Lipinski definition) is 2. The van der Waals surface area contributed by atoms with E-state index in [1.165, 1.54) is 11.1 Å². The van der Waals surface area contributed by atoms with Crippen LogP contribution in [0.15, 0.2) is 60.7 Å². The van der Waals surface area contributed by atoms with Gasteiger partial charge in [0.15, 0.2) is 18.0 Å². The molecule has 2 aliphatic heterocycles. The van der Waals surface area contributed by atoms with Crippen LogP contribution < -0.4 is 10.6 Å². The molecule has 0 spiro atoms. The Bertz CT molecular complexity index is 892. The first kappa shape index (κ1) is 25.3. The van der Waals surface area contributed by atoms with Crippen molar-refractivity contribution >= 4 is 11.8 Å². The number of nitrogens with zero attached hydrogens (tertiary/aromatic N) is 2. The fourth-order valence-corrected chi connectivity index (χ4v) is 4.53. The molecule has 0 aromatic heterocycles. The molecule has 2 amide bonds. The Kier molecular flexibility index (Phi) is 8.51. The van der Waals surface area contributed by atoms with Crippen molar-refractivity contribution in [3.63, 3.8) is 0 Å². The van der Waals surface area contributed by atoms with E-state index >= 15 is 0 Å². The lowest BCUT2D eigenvalue weighted by molar-refractivity contribution is -0.159. The van der Waals surface area contributed by atoms with Gasteiger partial charge in [0.2, 0.25) is 0 Å². The molecule has 2 heterocycles. The highest BCUT2D eigenvalue weighted by Gasteiger charge is 2.48. The molecule has 2 N–H and O–H groups in total. The highest BCUT2D eigenvalue weighted by Crippen LogP contribution is 2.28. The van der Waals surface area contributed by atoms with E-state index in [9.17, 15) is 9.59 Å². The van der Waals surface area contributed by atoms with Gasteiger partial charge in [-0.05, 0) is 25.0 Å². The van der Waals surface area contributed by atoms with Gasteiger partial charge >= 0.3 is 0 Å². The minimum Gasteiger partial charge on any atom is -0.352 e. The van der Waals surface area contributed by atoms with E-state index in [4.69, 9.17) is 9.47 Å². The van der Waals surface area contributed by atoms with Gasteiger partial charge in [-0.2, -0.15) is 0 Å². The Hall–Kier alpha value is -2.78. The zero-order valence-corrected chi connectivity index (χ0v) is 20.6. The van der Waals surface area contributed by atoms with Gasteiger partial charge in [0.25, 0.3) is 11.8 Å². The average molecular weight is 481 g/mol. The maximum absolute atomic E-state index is 12.9. The number of hydrogen-bond acceptors (Lipinski definition) is 6. The largest absolute Gasteiger partial charge is 0.352 e. The van der Waals surface area contributed by atoms with Gasteiger partial charge in [-0.3, -0.25) is 19.4 Å². The van der Waals surface area contributed by atoms with E-state index in [0.717, 1.165) is 26.2 Å². The number of ether oxygens (including phenoxy) is 2. The number of amides is 2. The molecule has 2 saturated heterocycles. The quantitative estimate of drug-likeness (QED) is 0.694. The molecule has 2 aliphatic rings. The maximum Gasteiger partial charge on any atom is 0.252 e. The summed E-state index contributed by atoms with van der Waals surface area (Å²) in [5, 5.41) is 5.91. The van der Waals surface area contributed by atoms with Crippen LogP contribution in [0, 0.1) is 0 Å². The molecular formula is C27H36N4O4. The van der Waals surface area contributed by atoms with Gasteiger partial charge in [-0.15, -0.1) is 0 Å². The van der Waals surface area contributed by atoms with E-state index < -0.39 is 18.0 Å². The highest BCUT2D eigenvalue weighted by atomic mass is 16.8. The Morgan fingerprint density at radius 2 is 1.11 bits per heavy atom. The van der Waals surface area contributed by atoms with Gasteiger partial charge in [-0.1, -0.05) is 60.7 Å². The smallest absolute Gasteiger partial charge is 0.252 e. The summed E-state index contributed by atoms with van der Waals surface area (Å²) in [6.07, 6.45) is -1.95. The van der Waals surface area contributed by atoms with Crippen molar-refractivity contribution in [1.82, 2.24) is 20.4 Å². The van der Waals surface area contributed by atoms with Crippen LogP contribution in [0.1, 0.15) is 25.0 Å². The van der Waals surface area contributed by atoms with Crippen molar-refractivity contribution in [2.45, 2.75) is 44.9 Å². The van der Waals surface area contributed by atoms with E-state index in [2.05, 4.69) is 44.7 Å². The molecule has 0 bridgehead atoms. The molecule has 8 heteroatoms. The van der Waals surface area contributed by atoms with Crippen LogP contribution in [0.3, 0.4) is 0 Å². The number of fused-ring (bicyclic) bond motifs is 1. The molecule has 8 nitrogen and oxygen atoms in total. The summed E-state index contributed by atoms with van der Waals surface area (Å²) in [7, 11) is 0. The molecule has 0 saturated carbocycles. The SMILES string of the molecule is CC1(C)O[C@@H]2C(=O)NCCN(Cc3ccccc3)CCN(Cc3ccccc3)CCNC(=O)[C@H]2O1. The topological polar surface area (TPSA) is 83.1 Å². The summed E-state index contributed by atoms with van der Waals surface area (Å²) in [4.78, 5) is 30.5. The van der Waals surface area contributed by atoms with Gasteiger partial charge in [0.05, 0.1) is 0 Å². The van der Waals surface area contributed by atoms with Crippen LogP contribution in [0.25, 0.3) is 0 Å². The predicted octanol–water partition coefficient (Wildman–Crippen LogP) is 1.76. The number of carbonyl (C=O) groups excluding carboxylic acids is 2. The van der Waals surface area contributed by atoms with Crippen molar-refractivity contribution in [1.29, 1.82) is 0 Å². The third-order valence-corrected chi connectivity index (χ3v) is 6.30. The lowest BCUT2D eigenvalue weighted by Gasteiger charge is -2.29. The molecule has 35 heavy (non-hydrogen) atoms. The van der Waals surface area contributed by atoms with Crippen LogP contribution in [0.5, 0.6) is 0 Å². The standard InChI is InChI=1S/C27H36N4O4/c1-27(2)34-23-24(35-27)26(33)29-14-16-31(20-22-11-7-4-8-12-22)18-17-30(15-13-28-25(23)32)19-21-9-5-3-6-10-21/h3-12,23-24H,13-20H2,1-2H3,(H,28,32)(H,29,33)/t23-,24-/m0/s1. The predicted molar refractivity (Wildman–Crippen MR) is 133 cm³/mol. The zero-order valence-electron chi connectivity index (χ0n) is 20.6. The molecule has 188 valence electrons. The summed E-state index contributed by atoms with van der Waals surface area (Å²) < 4.78 is 11.6. The highest BCUT2D eigenvalue weighted by molar-refractivity contribution is 5.91. The van der Waals surface area contributed by atoms with E-state index in [-0.39, 0.29) is 11.8 Å². The molecular weight excluding hydrogens is 444 g/mol. The van der Waals surface area contributed by atoms with E-state index in [1.54, 1.807) is 13.8 Å². The first-order valence-corrected chi connectivity index (χ1v) is 12.3. The second-order valence-corrected chi connectivity index (χ2v) is 9.58. The fraction of sp³-hybridized carbons (Fsp3) is 0.481. The number of rotatable bonds is 4. The van der Waals surface area contributed by atoms with Crippen molar-refractivity contribution in [2.24, 2.45) is 0 Å². The molecule has 2 aromatic rings. The summed E-state index contributed by atoms with van der Waals surface area (Å²) >= 11 is 0. The third kappa shape index (κ3) is 7.35. The van der Waals surface area contributed by atoms with Crippen molar-refractivity contribution in [3.8, 4) is 0 Å². The van der Waals surface area contributed by atoms with Gasteiger partial charge in [0, 0.05) is 52.4 Å². The van der Waals surface area contributed by atoms with Crippen LogP contribution in [0.4, 0.5) is 0 Å². The minimum absolute atomic E-state index is 0.321. The number of carbonyl (C=O) groups is 2. The Balaban J connectivity index is 1.50. The Labute approximate surface area is 207 Å². The zero-order chi connectivity index (χ0) is 24.7. The lowest BCUT2D eigenvalue weighted by atomic mass is 10.1. The Morgan fingerprint density at radius 3 is 1.51 bits per heavy atom. The first-order valence-electron chi connectivity index (χ1n) is 12.3. The van der Waals surface area contributed by atoms with Crippen LogP contribution in [-0.2, 0) is 32.2 Å². The number of nitrogens with one attached hydrogen (secondary N) is 2. The second-order valence-electron chi connectivity index (χ2n) is 9.58. The van der Waals surface area contributed by atoms with Crippen molar-refractivity contribution in [3.05, 3.63) is 71.8 Å². The summed E-state index contributed by atoms with van der Waals surface area (Å²) in [6.45, 7) is 9.00. The Morgan fingerprint density at radius 1 is 0.714 bits per heavy atom. The maximum atomic E-state index is 12.9. The van der Waals surface area contributed by atoms with Crippen molar-refractivity contribution < 1.29 is 19.1 Å². The minimum atomic E-state index is -1.00. The van der Waals surface area contributed by atoms with Crippen LogP contribution in [-0.4, -0.2) is 78.9 Å². The number of benzene rings is 2. The van der Waals surface area contributed by atoms with E-state index in [1.807, 2.05) is 36.4 Å². The molecule has 0 unspecified atom stereocenters. The fourth-order valence-electron chi connectivity index (χ4n) is 4.53. The molecule has 2 fully saturated rings. The van der Waals surface area contributed by atoms with Crippen molar-refractivity contribution in [2.75, 3.05) is 39.3 Å². The molecule has 2 aromatic carbocycles.